The van der Waals surface area contributed by atoms with Gasteiger partial charge in [-0.05, 0) is 84.2 Å². The van der Waals surface area contributed by atoms with Crippen molar-refractivity contribution in [1.29, 1.82) is 0 Å². The molecule has 33 heavy (non-hydrogen) atoms. The first-order chi connectivity index (χ1) is 16.3. The highest BCUT2D eigenvalue weighted by Gasteiger charge is 2.21. The highest BCUT2D eigenvalue weighted by Crippen LogP contribution is 2.41. The largest absolute Gasteiger partial charge is 0.456 e. The Morgan fingerprint density at radius 2 is 1.52 bits per heavy atom. The van der Waals surface area contributed by atoms with Gasteiger partial charge in [0.15, 0.2) is 0 Å². The number of nitrogens with zero attached hydrogens (tertiary/aromatic N) is 2. The van der Waals surface area contributed by atoms with E-state index in [2.05, 4.69) is 92.7 Å². The summed E-state index contributed by atoms with van der Waals surface area (Å²) in [6.07, 6.45) is 7.80. The number of rotatable bonds is 2. The summed E-state index contributed by atoms with van der Waals surface area (Å²) in [5.74, 6) is 0.981. The van der Waals surface area contributed by atoms with E-state index in [4.69, 9.17) is 4.42 Å². The van der Waals surface area contributed by atoms with E-state index < -0.39 is 0 Å². The van der Waals surface area contributed by atoms with Crippen molar-refractivity contribution >= 4 is 39.2 Å². The predicted octanol–water partition coefficient (Wildman–Crippen LogP) is 6.76. The molecule has 0 unspecified atom stereocenters. The maximum Gasteiger partial charge on any atom is 0.203 e. The van der Waals surface area contributed by atoms with E-state index in [-0.39, 0.29) is 0 Å². The van der Waals surface area contributed by atoms with E-state index in [1.54, 1.807) is 0 Å². The smallest absolute Gasteiger partial charge is 0.203 e. The number of fused-ring (bicyclic) bond motifs is 2. The summed E-state index contributed by atoms with van der Waals surface area (Å²) in [6.45, 7) is 4.56. The monoisotopic (exact) mass is 549 g/mol. The van der Waals surface area contributed by atoms with Gasteiger partial charge in [0.2, 0.25) is 5.36 Å². The molecule has 0 N–H and O–H groups in total. The van der Waals surface area contributed by atoms with Gasteiger partial charge in [0, 0.05) is 63.8 Å². The lowest BCUT2D eigenvalue weighted by atomic mass is 9.93. The molecule has 2 aromatic carbocycles. The summed E-state index contributed by atoms with van der Waals surface area (Å²) in [6, 6.07) is 22.5. The quantitative estimate of drug-likeness (QED) is 0.157. The van der Waals surface area contributed by atoms with E-state index in [0.717, 1.165) is 37.5 Å². The molecule has 6 rings (SSSR count). The van der Waals surface area contributed by atoms with Crippen molar-refractivity contribution in [2.75, 3.05) is 31.1 Å². The standard InChI is InChI=1S/C29H30IN2O/c30-22-9-7-21(8-10-22)29-25-13-11-23(31-15-3-1-4-16-31)19-27(25)33-28-20-24(12-14-26(28)29)32-17-5-2-6-18-32/h7-14,19-20H,1-6,15-18H2/q+1. The summed E-state index contributed by atoms with van der Waals surface area (Å²) in [4.78, 5) is 2.51. The second-order valence-corrected chi connectivity index (χ2v) is 10.7. The number of halogens is 1. The Bertz CT molecular complexity index is 1320. The van der Waals surface area contributed by atoms with Crippen LogP contribution in [-0.4, -0.2) is 26.2 Å². The Kier molecular flexibility index (Phi) is 5.87. The van der Waals surface area contributed by atoms with Gasteiger partial charge in [-0.15, -0.1) is 0 Å². The molecule has 0 saturated carbocycles. The van der Waals surface area contributed by atoms with Gasteiger partial charge in [-0.1, -0.05) is 12.1 Å². The van der Waals surface area contributed by atoms with E-state index in [1.807, 2.05) is 0 Å². The molecule has 3 aliphatic heterocycles. The number of hydrogen-bond donors (Lipinski definition) is 0. The summed E-state index contributed by atoms with van der Waals surface area (Å²) in [7, 11) is 0. The van der Waals surface area contributed by atoms with Crippen molar-refractivity contribution in [1.82, 2.24) is 4.58 Å². The van der Waals surface area contributed by atoms with Gasteiger partial charge in [-0.3, -0.25) is 0 Å². The van der Waals surface area contributed by atoms with Gasteiger partial charge in [0.1, 0.15) is 24.4 Å². The Morgan fingerprint density at radius 1 is 0.758 bits per heavy atom. The molecule has 0 bridgehead atoms. The van der Waals surface area contributed by atoms with Crippen molar-refractivity contribution in [3.63, 3.8) is 0 Å². The van der Waals surface area contributed by atoms with E-state index in [1.165, 1.54) is 75.2 Å². The van der Waals surface area contributed by atoms with Gasteiger partial charge in [-0.25, -0.2) is 4.58 Å². The van der Waals surface area contributed by atoms with Crippen LogP contribution in [0, 0.1) is 3.57 Å². The van der Waals surface area contributed by atoms with Crippen molar-refractivity contribution in [3.8, 4) is 22.5 Å². The molecule has 2 fully saturated rings. The third kappa shape index (κ3) is 4.18. The first-order valence-corrected chi connectivity index (χ1v) is 13.4. The fourth-order valence-corrected chi connectivity index (χ4v) is 5.85. The number of benzene rings is 3. The van der Waals surface area contributed by atoms with E-state index >= 15 is 0 Å². The fraction of sp³-hybridized carbons (Fsp3) is 0.345. The van der Waals surface area contributed by atoms with Crippen LogP contribution in [0.4, 0.5) is 5.69 Å². The molecular weight excluding hydrogens is 519 g/mol. The molecule has 1 aliphatic carbocycles. The van der Waals surface area contributed by atoms with Gasteiger partial charge in [-0.2, -0.15) is 0 Å². The third-order valence-corrected chi connectivity index (χ3v) is 7.98. The van der Waals surface area contributed by atoms with Crippen molar-refractivity contribution in [2.24, 2.45) is 0 Å². The van der Waals surface area contributed by atoms with Crippen molar-refractivity contribution < 1.29 is 4.42 Å². The zero-order valence-electron chi connectivity index (χ0n) is 19.0. The molecule has 0 aromatic heterocycles. The normalized spacial score (nSPS) is 17.1. The second kappa shape index (κ2) is 9.13. The Balaban J connectivity index is 1.59. The minimum Gasteiger partial charge on any atom is -0.456 e. The lowest BCUT2D eigenvalue weighted by molar-refractivity contribution is 0.451. The summed E-state index contributed by atoms with van der Waals surface area (Å²) >= 11 is 2.38. The SMILES string of the molecule is Ic1ccc(-c2c3ccc(=[N+]4CCCCC4)cc-3oc3cc(N4CCCCC4)ccc23)cc1. The Labute approximate surface area is 209 Å². The summed E-state index contributed by atoms with van der Waals surface area (Å²) < 4.78 is 10.4. The van der Waals surface area contributed by atoms with Gasteiger partial charge < -0.3 is 9.32 Å². The highest BCUT2D eigenvalue weighted by molar-refractivity contribution is 14.1. The zero-order chi connectivity index (χ0) is 22.2. The third-order valence-electron chi connectivity index (χ3n) is 7.26. The fourth-order valence-electron chi connectivity index (χ4n) is 5.49. The van der Waals surface area contributed by atoms with Gasteiger partial charge >= 0.3 is 0 Å². The molecule has 3 heterocycles. The lowest BCUT2D eigenvalue weighted by Gasteiger charge is -2.29. The number of anilines is 1. The molecule has 0 atom stereocenters. The molecule has 4 heteroatoms. The van der Waals surface area contributed by atoms with Gasteiger partial charge in [0.05, 0.1) is 6.07 Å². The van der Waals surface area contributed by atoms with Crippen LogP contribution in [0.15, 0.2) is 65.1 Å². The topological polar surface area (TPSA) is 19.4 Å². The van der Waals surface area contributed by atoms with E-state index in [0.29, 0.717) is 0 Å². The lowest BCUT2D eigenvalue weighted by Crippen LogP contribution is -2.34. The number of piperidine rings is 2. The second-order valence-electron chi connectivity index (χ2n) is 9.44. The molecule has 0 radical (unpaired) electrons. The average molecular weight is 549 g/mol. The molecule has 3 nitrogen and oxygen atoms in total. The zero-order valence-corrected chi connectivity index (χ0v) is 21.2. The van der Waals surface area contributed by atoms with Crippen LogP contribution < -0.4 is 14.8 Å². The Hall–Kier alpha value is -2.34. The Morgan fingerprint density at radius 3 is 2.30 bits per heavy atom. The van der Waals surface area contributed by atoms with Gasteiger partial charge in [0.25, 0.3) is 0 Å². The van der Waals surface area contributed by atoms with Crippen molar-refractivity contribution in [2.45, 2.75) is 38.5 Å². The molecular formula is C29H30IN2O+. The minimum absolute atomic E-state index is 0.981. The molecule has 168 valence electrons. The van der Waals surface area contributed by atoms with Crippen LogP contribution in [0.5, 0.6) is 0 Å². The minimum atomic E-state index is 0.981. The van der Waals surface area contributed by atoms with Crippen LogP contribution >= 0.6 is 22.6 Å². The first kappa shape index (κ1) is 21.2. The number of hydrogen-bond acceptors (Lipinski definition) is 2. The molecule has 2 aromatic rings. The average Bonchev–Trinajstić information content (AvgIpc) is 2.88. The van der Waals surface area contributed by atoms with Crippen molar-refractivity contribution in [3.05, 3.63) is 69.6 Å². The maximum atomic E-state index is 6.64. The summed E-state index contributed by atoms with van der Waals surface area (Å²) in [5, 5.41) is 2.47. The molecule has 2 saturated heterocycles. The van der Waals surface area contributed by atoms with Crippen LogP contribution in [0.25, 0.3) is 33.4 Å². The van der Waals surface area contributed by atoms with E-state index in [9.17, 15) is 0 Å². The highest BCUT2D eigenvalue weighted by atomic mass is 127. The van der Waals surface area contributed by atoms with Crippen LogP contribution in [0.3, 0.4) is 0 Å². The maximum absolute atomic E-state index is 6.64. The first-order valence-electron chi connectivity index (χ1n) is 12.4. The van der Waals surface area contributed by atoms with Crippen LogP contribution in [0.2, 0.25) is 0 Å². The molecule has 0 spiro atoms. The molecule has 0 amide bonds. The predicted molar refractivity (Wildman–Crippen MR) is 146 cm³/mol. The molecule has 4 aliphatic rings. The summed E-state index contributed by atoms with van der Waals surface area (Å²) in [5.41, 5.74) is 5.98. The van der Waals surface area contributed by atoms with Crippen LogP contribution in [0.1, 0.15) is 38.5 Å². The van der Waals surface area contributed by atoms with Crippen LogP contribution in [-0.2, 0) is 0 Å².